The molecule has 0 radical (unpaired) electrons. The molecule has 0 saturated carbocycles. The number of hydrogen-bond acceptors (Lipinski definition) is 6. The van der Waals surface area contributed by atoms with Crippen molar-refractivity contribution in [3.05, 3.63) is 75.8 Å². The van der Waals surface area contributed by atoms with E-state index in [0.717, 1.165) is 5.56 Å². The van der Waals surface area contributed by atoms with Gasteiger partial charge in [0.15, 0.2) is 0 Å². The highest BCUT2D eigenvalue weighted by Crippen LogP contribution is 2.31. The quantitative estimate of drug-likeness (QED) is 0.417. The van der Waals surface area contributed by atoms with Gasteiger partial charge in [-0.2, -0.15) is 4.98 Å². The Bertz CT molecular complexity index is 1200. The summed E-state index contributed by atoms with van der Waals surface area (Å²) in [5.41, 5.74) is 2.11. The first-order valence-corrected chi connectivity index (χ1v) is 9.75. The van der Waals surface area contributed by atoms with Gasteiger partial charge >= 0.3 is 0 Å². The molecule has 1 amide bonds. The Labute approximate surface area is 182 Å². The average molecular weight is 443 g/mol. The molecule has 0 aliphatic rings. The van der Waals surface area contributed by atoms with E-state index in [1.54, 1.807) is 56.4 Å². The lowest BCUT2D eigenvalue weighted by Gasteiger charge is -2.15. The maximum Gasteiger partial charge on any atom is 0.259 e. The first-order chi connectivity index (χ1) is 14.4. The Hall–Kier alpha value is -3.16. The third-order valence-electron chi connectivity index (χ3n) is 4.50. The van der Waals surface area contributed by atoms with Crippen molar-refractivity contribution >= 4 is 29.1 Å². The van der Waals surface area contributed by atoms with Gasteiger partial charge in [-0.05, 0) is 37.3 Å². The number of rotatable bonds is 5. The molecular formula is C21H16Cl2N4O3. The van der Waals surface area contributed by atoms with E-state index in [1.165, 1.54) is 4.90 Å². The lowest BCUT2D eigenvalue weighted by atomic mass is 10.1. The Kier molecular flexibility index (Phi) is 5.57. The second-order valence-corrected chi connectivity index (χ2v) is 7.47. The summed E-state index contributed by atoms with van der Waals surface area (Å²) in [4.78, 5) is 18.9. The standard InChI is InChI=1S/C21H16Cl2N4O3/c1-12-18(19(25-29-12)15-5-3-4-6-16(15)23)21(28)27(2)11-17-24-20(26-30-17)13-7-9-14(22)10-8-13/h3-10H,11H2,1-2H3. The summed E-state index contributed by atoms with van der Waals surface area (Å²) >= 11 is 12.2. The number of halogens is 2. The first kappa shape index (κ1) is 20.1. The molecule has 7 nitrogen and oxygen atoms in total. The van der Waals surface area contributed by atoms with E-state index in [0.29, 0.717) is 44.3 Å². The van der Waals surface area contributed by atoms with Crippen molar-refractivity contribution in [2.45, 2.75) is 13.5 Å². The van der Waals surface area contributed by atoms with E-state index < -0.39 is 0 Å². The zero-order chi connectivity index (χ0) is 21.3. The van der Waals surface area contributed by atoms with Gasteiger partial charge in [0.05, 0.1) is 5.02 Å². The van der Waals surface area contributed by atoms with Gasteiger partial charge in [0.2, 0.25) is 11.7 Å². The highest BCUT2D eigenvalue weighted by molar-refractivity contribution is 6.33. The van der Waals surface area contributed by atoms with Crippen molar-refractivity contribution in [3.8, 4) is 22.6 Å². The van der Waals surface area contributed by atoms with Crippen molar-refractivity contribution in [3.63, 3.8) is 0 Å². The van der Waals surface area contributed by atoms with Crippen LogP contribution in [0.1, 0.15) is 22.0 Å². The third-order valence-corrected chi connectivity index (χ3v) is 5.08. The molecule has 0 atom stereocenters. The van der Waals surface area contributed by atoms with E-state index in [2.05, 4.69) is 15.3 Å². The lowest BCUT2D eigenvalue weighted by Crippen LogP contribution is -2.27. The SMILES string of the molecule is Cc1onc(-c2ccccc2Cl)c1C(=O)N(C)Cc1nc(-c2ccc(Cl)cc2)no1. The molecule has 30 heavy (non-hydrogen) atoms. The Morgan fingerprint density at radius 1 is 1.03 bits per heavy atom. The summed E-state index contributed by atoms with van der Waals surface area (Å²) in [7, 11) is 1.64. The number of aryl methyl sites for hydroxylation is 1. The molecule has 4 aromatic rings. The summed E-state index contributed by atoms with van der Waals surface area (Å²) < 4.78 is 10.6. The second-order valence-electron chi connectivity index (χ2n) is 6.62. The molecule has 0 unspecified atom stereocenters. The van der Waals surface area contributed by atoms with Crippen molar-refractivity contribution in [1.29, 1.82) is 0 Å². The molecule has 0 fully saturated rings. The van der Waals surface area contributed by atoms with E-state index in [4.69, 9.17) is 32.2 Å². The predicted octanol–water partition coefficient (Wildman–Crippen LogP) is 5.28. The first-order valence-electron chi connectivity index (χ1n) is 8.99. The normalized spacial score (nSPS) is 10.9. The second kappa shape index (κ2) is 8.30. The summed E-state index contributed by atoms with van der Waals surface area (Å²) in [6.45, 7) is 1.80. The monoisotopic (exact) mass is 442 g/mol. The van der Waals surface area contributed by atoms with Crippen LogP contribution < -0.4 is 0 Å². The zero-order valence-corrected chi connectivity index (χ0v) is 17.6. The van der Waals surface area contributed by atoms with Gasteiger partial charge in [0.1, 0.15) is 23.6 Å². The van der Waals surface area contributed by atoms with Gasteiger partial charge < -0.3 is 13.9 Å². The number of nitrogens with zero attached hydrogens (tertiary/aromatic N) is 4. The highest BCUT2D eigenvalue weighted by atomic mass is 35.5. The topological polar surface area (TPSA) is 85.3 Å². The maximum atomic E-state index is 13.1. The molecule has 0 bridgehead atoms. The van der Waals surface area contributed by atoms with E-state index in [-0.39, 0.29) is 12.5 Å². The van der Waals surface area contributed by atoms with Gasteiger partial charge in [-0.15, -0.1) is 0 Å². The molecule has 0 spiro atoms. The van der Waals surface area contributed by atoms with Crippen LogP contribution >= 0.6 is 23.2 Å². The molecule has 0 N–H and O–H groups in total. The van der Waals surface area contributed by atoms with Gasteiger partial charge in [-0.1, -0.05) is 51.7 Å². The van der Waals surface area contributed by atoms with Gasteiger partial charge in [0.25, 0.3) is 5.91 Å². The summed E-state index contributed by atoms with van der Waals surface area (Å²) in [5.74, 6) is 0.814. The lowest BCUT2D eigenvalue weighted by molar-refractivity contribution is 0.0768. The number of aromatic nitrogens is 3. The molecule has 9 heteroatoms. The molecular weight excluding hydrogens is 427 g/mol. The van der Waals surface area contributed by atoms with Crippen LogP contribution in [0.2, 0.25) is 10.0 Å². The number of benzene rings is 2. The fraction of sp³-hybridized carbons (Fsp3) is 0.143. The molecule has 2 aromatic carbocycles. The van der Waals surface area contributed by atoms with Crippen LogP contribution in [0.3, 0.4) is 0 Å². The Morgan fingerprint density at radius 2 is 1.77 bits per heavy atom. The van der Waals surface area contributed by atoms with E-state index in [9.17, 15) is 4.79 Å². The Morgan fingerprint density at radius 3 is 2.50 bits per heavy atom. The van der Waals surface area contributed by atoms with E-state index in [1.807, 2.05) is 6.07 Å². The number of carbonyl (C=O) groups excluding carboxylic acids is 1. The van der Waals surface area contributed by atoms with Crippen LogP contribution in [0.15, 0.2) is 57.6 Å². The molecule has 2 heterocycles. The molecule has 2 aromatic heterocycles. The smallest absolute Gasteiger partial charge is 0.259 e. The fourth-order valence-electron chi connectivity index (χ4n) is 2.96. The van der Waals surface area contributed by atoms with Crippen LogP contribution in [-0.2, 0) is 6.54 Å². The minimum Gasteiger partial charge on any atom is -0.360 e. The van der Waals surface area contributed by atoms with Gasteiger partial charge in [-0.3, -0.25) is 4.79 Å². The number of hydrogen-bond donors (Lipinski definition) is 0. The number of carbonyl (C=O) groups is 1. The van der Waals surface area contributed by atoms with Crippen molar-refractivity contribution in [2.75, 3.05) is 7.05 Å². The molecule has 0 aliphatic heterocycles. The third kappa shape index (κ3) is 3.94. The minimum atomic E-state index is -0.296. The molecule has 152 valence electrons. The average Bonchev–Trinajstić information content (AvgIpc) is 3.35. The summed E-state index contributed by atoms with van der Waals surface area (Å²) in [6, 6.07) is 14.2. The largest absolute Gasteiger partial charge is 0.360 e. The zero-order valence-electron chi connectivity index (χ0n) is 16.1. The van der Waals surface area contributed by atoms with Crippen molar-refractivity contribution in [2.24, 2.45) is 0 Å². The summed E-state index contributed by atoms with van der Waals surface area (Å²) in [5, 5.41) is 9.10. The maximum absolute atomic E-state index is 13.1. The van der Waals surface area contributed by atoms with Crippen molar-refractivity contribution < 1.29 is 13.8 Å². The molecule has 4 rings (SSSR count). The van der Waals surface area contributed by atoms with Gasteiger partial charge in [-0.25, -0.2) is 0 Å². The predicted molar refractivity (Wildman–Crippen MR) is 112 cm³/mol. The fourth-order valence-corrected chi connectivity index (χ4v) is 3.31. The molecule has 0 aliphatic carbocycles. The number of amides is 1. The van der Waals surface area contributed by atoms with Crippen LogP contribution in [0.4, 0.5) is 0 Å². The van der Waals surface area contributed by atoms with Crippen LogP contribution in [0.25, 0.3) is 22.6 Å². The molecule has 0 saturated heterocycles. The van der Waals surface area contributed by atoms with E-state index >= 15 is 0 Å². The van der Waals surface area contributed by atoms with Crippen LogP contribution in [0.5, 0.6) is 0 Å². The Balaban J connectivity index is 1.56. The summed E-state index contributed by atoms with van der Waals surface area (Å²) in [6.07, 6.45) is 0. The van der Waals surface area contributed by atoms with Crippen LogP contribution in [0, 0.1) is 6.92 Å². The highest BCUT2D eigenvalue weighted by Gasteiger charge is 2.26. The van der Waals surface area contributed by atoms with Crippen molar-refractivity contribution in [1.82, 2.24) is 20.2 Å². The minimum absolute atomic E-state index is 0.117. The van der Waals surface area contributed by atoms with Crippen LogP contribution in [-0.4, -0.2) is 33.2 Å². The van der Waals surface area contributed by atoms with Gasteiger partial charge in [0, 0.05) is 23.2 Å².